The number of aryl methyl sites for hydroxylation is 1. The predicted octanol–water partition coefficient (Wildman–Crippen LogP) is 3.80. The molecule has 1 amide bonds. The molecular formula is C18H22N2O3S. The zero-order chi connectivity index (χ0) is 17.6. The minimum absolute atomic E-state index is 0.167. The molecule has 5 nitrogen and oxygen atoms in total. The maximum Gasteiger partial charge on any atom is 0.268 e. The van der Waals surface area contributed by atoms with E-state index in [1.807, 2.05) is 40.7 Å². The fourth-order valence-corrected chi connectivity index (χ4v) is 3.73. The molecule has 1 unspecified atom stereocenters. The fraction of sp³-hybridized carbons (Fsp3) is 0.444. The molecule has 0 spiro atoms. The van der Waals surface area contributed by atoms with E-state index in [0.717, 1.165) is 38.7 Å². The molecule has 1 aromatic carbocycles. The molecule has 3 rings (SSSR count). The first-order valence-corrected chi connectivity index (χ1v) is 8.75. The van der Waals surface area contributed by atoms with Gasteiger partial charge in [-0.3, -0.25) is 4.79 Å². The number of carbonyl (C=O) groups is 1. The van der Waals surface area contributed by atoms with Gasteiger partial charge in [0.25, 0.3) is 5.91 Å². The van der Waals surface area contributed by atoms with Crippen LogP contribution in [0.15, 0.2) is 6.07 Å². The van der Waals surface area contributed by atoms with Crippen molar-refractivity contribution in [3.63, 3.8) is 0 Å². The van der Waals surface area contributed by atoms with Crippen molar-refractivity contribution in [3.05, 3.63) is 34.0 Å². The number of nitrogens with one attached hydrogen (secondary N) is 1. The summed E-state index contributed by atoms with van der Waals surface area (Å²) in [5, 5.41) is 13.9. The van der Waals surface area contributed by atoms with Crippen molar-refractivity contribution < 1.29 is 14.6 Å². The summed E-state index contributed by atoms with van der Waals surface area (Å²) < 4.78 is 10.3. The Balaban J connectivity index is 1.92. The van der Waals surface area contributed by atoms with E-state index in [1.165, 1.54) is 11.5 Å². The van der Waals surface area contributed by atoms with Gasteiger partial charge in [-0.1, -0.05) is 0 Å². The van der Waals surface area contributed by atoms with Gasteiger partial charge in [-0.05, 0) is 75.3 Å². The van der Waals surface area contributed by atoms with Gasteiger partial charge in [0, 0.05) is 12.0 Å². The molecule has 0 bridgehead atoms. The third-order valence-corrected chi connectivity index (χ3v) is 5.66. The third kappa shape index (κ3) is 2.65. The molecular weight excluding hydrogens is 324 g/mol. The number of nitrogens with zero attached hydrogens (tertiary/aromatic N) is 1. The average Bonchev–Trinajstić information content (AvgIpc) is 2.95. The highest BCUT2D eigenvalue weighted by Gasteiger charge is 2.41. The minimum atomic E-state index is -0.939. The van der Waals surface area contributed by atoms with Gasteiger partial charge in [0.2, 0.25) is 0 Å². The first-order valence-electron chi connectivity index (χ1n) is 7.98. The first-order chi connectivity index (χ1) is 11.2. The Bertz CT molecular complexity index is 828. The van der Waals surface area contributed by atoms with Crippen LogP contribution in [0.25, 0.3) is 0 Å². The molecule has 6 heteroatoms. The van der Waals surface area contributed by atoms with Crippen LogP contribution in [0.4, 0.5) is 5.00 Å². The molecule has 1 aliphatic heterocycles. The summed E-state index contributed by atoms with van der Waals surface area (Å²) in [4.78, 5) is 12.7. The van der Waals surface area contributed by atoms with Crippen molar-refractivity contribution in [3.8, 4) is 11.5 Å². The second kappa shape index (κ2) is 5.77. The van der Waals surface area contributed by atoms with Crippen LogP contribution in [-0.4, -0.2) is 21.0 Å². The maximum absolute atomic E-state index is 12.7. The van der Waals surface area contributed by atoms with Gasteiger partial charge >= 0.3 is 0 Å². The Hall–Kier alpha value is -2.08. The third-order valence-electron chi connectivity index (χ3n) is 4.86. The van der Waals surface area contributed by atoms with Crippen LogP contribution >= 0.6 is 11.5 Å². The zero-order valence-corrected chi connectivity index (χ0v) is 15.4. The van der Waals surface area contributed by atoms with Crippen molar-refractivity contribution in [2.45, 2.75) is 53.1 Å². The quantitative estimate of drug-likeness (QED) is 0.867. The number of fused-ring (bicyclic) bond motifs is 1. The van der Waals surface area contributed by atoms with Crippen LogP contribution in [0.2, 0.25) is 0 Å². The average molecular weight is 346 g/mol. The Morgan fingerprint density at radius 1 is 1.29 bits per heavy atom. The van der Waals surface area contributed by atoms with Gasteiger partial charge < -0.3 is 15.2 Å². The molecule has 0 saturated heterocycles. The number of benzene rings is 1. The molecule has 0 radical (unpaired) electrons. The lowest BCUT2D eigenvalue weighted by Gasteiger charge is -2.36. The van der Waals surface area contributed by atoms with Crippen molar-refractivity contribution in [2.24, 2.45) is 0 Å². The summed E-state index contributed by atoms with van der Waals surface area (Å²) in [6.07, 6.45) is 1.26. The summed E-state index contributed by atoms with van der Waals surface area (Å²) in [7, 11) is 0. The van der Waals surface area contributed by atoms with Crippen molar-refractivity contribution in [1.82, 2.24) is 4.37 Å². The number of ether oxygens (including phenoxy) is 1. The SMILES string of the molecule is Cc1cc(NC(=O)C2(C)CCc3c(C)c(O)c(C)c(C)c3O2)sn1. The van der Waals surface area contributed by atoms with E-state index in [2.05, 4.69) is 9.69 Å². The molecule has 1 aromatic heterocycles. The van der Waals surface area contributed by atoms with E-state index in [0.29, 0.717) is 18.6 Å². The molecule has 128 valence electrons. The monoisotopic (exact) mass is 346 g/mol. The van der Waals surface area contributed by atoms with E-state index in [4.69, 9.17) is 4.74 Å². The fourth-order valence-electron chi connectivity index (χ4n) is 3.07. The highest BCUT2D eigenvalue weighted by Crippen LogP contribution is 2.43. The summed E-state index contributed by atoms with van der Waals surface area (Å²) in [6.45, 7) is 9.39. The Kier molecular flexibility index (Phi) is 4.03. The number of amides is 1. The van der Waals surface area contributed by atoms with E-state index in [9.17, 15) is 9.90 Å². The summed E-state index contributed by atoms with van der Waals surface area (Å²) in [5.74, 6) is 0.884. The summed E-state index contributed by atoms with van der Waals surface area (Å²) >= 11 is 1.27. The van der Waals surface area contributed by atoms with Gasteiger partial charge in [-0.2, -0.15) is 4.37 Å². The Labute approximate surface area is 145 Å². The highest BCUT2D eigenvalue weighted by molar-refractivity contribution is 7.10. The summed E-state index contributed by atoms with van der Waals surface area (Å²) in [6, 6.07) is 1.85. The Morgan fingerprint density at radius 2 is 2.00 bits per heavy atom. The lowest BCUT2D eigenvalue weighted by atomic mass is 9.86. The van der Waals surface area contributed by atoms with Crippen molar-refractivity contribution >= 4 is 22.4 Å². The van der Waals surface area contributed by atoms with Crippen LogP contribution in [-0.2, 0) is 11.2 Å². The van der Waals surface area contributed by atoms with Gasteiger partial charge in [0.1, 0.15) is 16.5 Å². The number of carbonyl (C=O) groups excluding carboxylic acids is 1. The van der Waals surface area contributed by atoms with Crippen LogP contribution in [0, 0.1) is 27.7 Å². The molecule has 1 aliphatic rings. The number of aromatic nitrogens is 1. The lowest BCUT2D eigenvalue weighted by Crippen LogP contribution is -2.48. The second-order valence-electron chi connectivity index (χ2n) is 6.65. The molecule has 0 fully saturated rings. The van der Waals surface area contributed by atoms with Crippen molar-refractivity contribution in [2.75, 3.05) is 5.32 Å². The number of hydrogen-bond donors (Lipinski definition) is 2. The number of phenols is 1. The van der Waals surface area contributed by atoms with E-state index < -0.39 is 5.60 Å². The minimum Gasteiger partial charge on any atom is -0.507 e. The summed E-state index contributed by atoms with van der Waals surface area (Å²) in [5.41, 5.74) is 3.47. The lowest BCUT2D eigenvalue weighted by molar-refractivity contribution is -0.131. The highest BCUT2D eigenvalue weighted by atomic mass is 32.1. The number of aromatic hydroxyl groups is 1. The molecule has 2 heterocycles. The topological polar surface area (TPSA) is 71.5 Å². The van der Waals surface area contributed by atoms with Gasteiger partial charge in [0.15, 0.2) is 5.60 Å². The maximum atomic E-state index is 12.7. The number of phenolic OH excluding ortho intramolecular Hbond substituents is 1. The zero-order valence-electron chi connectivity index (χ0n) is 14.6. The molecule has 24 heavy (non-hydrogen) atoms. The molecule has 1 atom stereocenters. The molecule has 0 aliphatic carbocycles. The van der Waals surface area contributed by atoms with Crippen LogP contribution in [0.1, 0.15) is 41.3 Å². The van der Waals surface area contributed by atoms with Gasteiger partial charge in [0.05, 0.1) is 5.69 Å². The first kappa shape index (κ1) is 16.8. The van der Waals surface area contributed by atoms with Crippen LogP contribution in [0.3, 0.4) is 0 Å². The van der Waals surface area contributed by atoms with Crippen LogP contribution < -0.4 is 10.1 Å². The van der Waals surface area contributed by atoms with E-state index >= 15 is 0 Å². The smallest absolute Gasteiger partial charge is 0.268 e. The van der Waals surface area contributed by atoms with Crippen molar-refractivity contribution in [1.29, 1.82) is 0 Å². The second-order valence-corrected chi connectivity index (χ2v) is 7.46. The molecule has 2 N–H and O–H groups in total. The van der Waals surface area contributed by atoms with Crippen LogP contribution in [0.5, 0.6) is 11.5 Å². The Morgan fingerprint density at radius 3 is 2.62 bits per heavy atom. The van der Waals surface area contributed by atoms with E-state index in [-0.39, 0.29) is 5.91 Å². The standard InChI is InChI=1S/C18H22N2O3S/c1-9-8-14(24-20-9)19-17(22)18(5)7-6-13-12(4)15(21)10(2)11(3)16(13)23-18/h8,21H,6-7H2,1-5H3,(H,19,22). The normalized spacial score (nSPS) is 19.5. The molecule has 2 aromatic rings. The predicted molar refractivity (Wildman–Crippen MR) is 95.2 cm³/mol. The number of hydrogen-bond acceptors (Lipinski definition) is 5. The van der Waals surface area contributed by atoms with Gasteiger partial charge in [-0.25, -0.2) is 0 Å². The number of rotatable bonds is 2. The van der Waals surface area contributed by atoms with E-state index in [1.54, 1.807) is 0 Å². The molecule has 0 saturated carbocycles. The largest absolute Gasteiger partial charge is 0.507 e. The van der Waals surface area contributed by atoms with Gasteiger partial charge in [-0.15, -0.1) is 0 Å². The number of anilines is 1.